The Morgan fingerprint density at radius 2 is 1.46 bits per heavy atom. The Kier molecular flexibility index (Phi) is 4.23. The largest absolute Gasteiger partial charge is 0.459 e. The van der Waals surface area contributed by atoms with E-state index in [0.717, 1.165) is 60.7 Å². The minimum atomic E-state index is -0.0742. The number of hydrogen-bond acceptors (Lipinski definition) is 2. The summed E-state index contributed by atoms with van der Waals surface area (Å²) in [5, 5.41) is 0. The van der Waals surface area contributed by atoms with Crippen LogP contribution < -0.4 is 0 Å². The number of carbonyl (C=O) groups is 1. The van der Waals surface area contributed by atoms with E-state index in [9.17, 15) is 4.79 Å². The Balaban J connectivity index is 1.19. The number of rotatable bonds is 3. The Hall–Kier alpha value is -0.530. The molecule has 6 rings (SSSR count). The summed E-state index contributed by atoms with van der Waals surface area (Å²) in [5.74, 6) is 8.15. The van der Waals surface area contributed by atoms with Crippen molar-refractivity contribution in [2.24, 2.45) is 59.2 Å². The minimum Gasteiger partial charge on any atom is -0.459 e. The van der Waals surface area contributed by atoms with Gasteiger partial charge in [0.2, 0.25) is 0 Å². The van der Waals surface area contributed by atoms with Crippen LogP contribution in [-0.2, 0) is 9.53 Å². The zero-order chi connectivity index (χ0) is 19.0. The molecule has 9 atom stereocenters. The normalized spacial score (nSPS) is 51.6. The summed E-state index contributed by atoms with van der Waals surface area (Å²) < 4.78 is 6.61. The maximum absolute atomic E-state index is 13.6. The maximum atomic E-state index is 13.6. The van der Waals surface area contributed by atoms with Crippen LogP contribution in [0.25, 0.3) is 0 Å². The van der Waals surface area contributed by atoms with Crippen LogP contribution in [0, 0.1) is 59.2 Å². The van der Waals surface area contributed by atoms with Crippen LogP contribution in [-0.4, -0.2) is 11.6 Å². The quantitative estimate of drug-likeness (QED) is 0.426. The van der Waals surface area contributed by atoms with E-state index in [-0.39, 0.29) is 17.5 Å². The zero-order valence-corrected chi connectivity index (χ0v) is 18.1. The lowest BCUT2D eigenvalue weighted by Gasteiger charge is -2.44. The molecule has 0 heterocycles. The summed E-state index contributed by atoms with van der Waals surface area (Å²) in [6, 6.07) is 0. The van der Waals surface area contributed by atoms with E-state index in [1.807, 2.05) is 0 Å². The number of carbonyl (C=O) groups excluding carboxylic acids is 1. The molecule has 0 aromatic heterocycles. The maximum Gasteiger partial charge on any atom is 0.309 e. The third-order valence-corrected chi connectivity index (χ3v) is 11.3. The van der Waals surface area contributed by atoms with Crippen molar-refractivity contribution < 1.29 is 9.53 Å². The molecule has 156 valence electrons. The molecule has 0 spiro atoms. The summed E-state index contributed by atoms with van der Waals surface area (Å²) >= 11 is 0. The standard InChI is InChI=1S/C26H40O2/c1-15-16(2)20-14-19(15)23-17-12-21(24(20)23)22(13-17)25(27)28-26(10-6-7-11-26)18-8-4-3-5-9-18/h15-24H,3-14H2,1-2H3. The second kappa shape index (κ2) is 6.48. The third-order valence-electron chi connectivity index (χ3n) is 11.3. The number of fused-ring (bicyclic) bond motifs is 9. The number of ether oxygens (including phenoxy) is 1. The molecule has 6 aliphatic carbocycles. The molecule has 2 nitrogen and oxygen atoms in total. The molecule has 0 saturated heterocycles. The molecule has 0 aromatic rings. The lowest BCUT2D eigenvalue weighted by atomic mass is 9.62. The van der Waals surface area contributed by atoms with Gasteiger partial charge < -0.3 is 4.74 Å². The van der Waals surface area contributed by atoms with Gasteiger partial charge in [0.1, 0.15) is 5.60 Å². The molecular formula is C26H40O2. The minimum absolute atomic E-state index is 0.0742. The van der Waals surface area contributed by atoms with Gasteiger partial charge in [-0.2, -0.15) is 0 Å². The van der Waals surface area contributed by atoms with Crippen molar-refractivity contribution in [1.82, 2.24) is 0 Å². The van der Waals surface area contributed by atoms with E-state index >= 15 is 0 Å². The summed E-state index contributed by atoms with van der Waals surface area (Å²) in [6.45, 7) is 5.01. The highest BCUT2D eigenvalue weighted by Crippen LogP contribution is 2.71. The summed E-state index contributed by atoms with van der Waals surface area (Å²) in [5.41, 5.74) is -0.0742. The molecular weight excluding hydrogens is 344 g/mol. The predicted molar refractivity (Wildman–Crippen MR) is 110 cm³/mol. The Labute approximate surface area is 171 Å². The first-order valence-electron chi connectivity index (χ1n) is 12.8. The van der Waals surface area contributed by atoms with Crippen molar-refractivity contribution in [3.05, 3.63) is 0 Å². The van der Waals surface area contributed by atoms with Crippen LogP contribution in [0.3, 0.4) is 0 Å². The molecule has 6 fully saturated rings. The van der Waals surface area contributed by atoms with Gasteiger partial charge in [0.25, 0.3) is 0 Å². The fraction of sp³-hybridized carbons (Fsp3) is 0.962. The van der Waals surface area contributed by atoms with Crippen molar-refractivity contribution >= 4 is 5.97 Å². The van der Waals surface area contributed by atoms with Crippen molar-refractivity contribution in [1.29, 1.82) is 0 Å². The lowest BCUT2D eigenvalue weighted by Crippen LogP contribution is -2.45. The molecule has 0 N–H and O–H groups in total. The molecule has 0 aromatic carbocycles. The molecule has 0 amide bonds. The predicted octanol–water partition coefficient (Wildman–Crippen LogP) is 6.23. The third kappa shape index (κ3) is 2.41. The van der Waals surface area contributed by atoms with E-state index in [2.05, 4.69) is 13.8 Å². The summed E-state index contributed by atoms with van der Waals surface area (Å²) in [7, 11) is 0. The van der Waals surface area contributed by atoms with E-state index < -0.39 is 0 Å². The van der Waals surface area contributed by atoms with Crippen LogP contribution in [0.5, 0.6) is 0 Å². The topological polar surface area (TPSA) is 26.3 Å². The Bertz CT molecular complexity index is 628. The number of esters is 1. The fourth-order valence-electron chi connectivity index (χ4n) is 9.97. The van der Waals surface area contributed by atoms with Gasteiger partial charge in [0, 0.05) is 0 Å². The number of hydrogen-bond donors (Lipinski definition) is 0. The van der Waals surface area contributed by atoms with Crippen LogP contribution in [0.4, 0.5) is 0 Å². The summed E-state index contributed by atoms with van der Waals surface area (Å²) in [4.78, 5) is 13.6. The molecule has 9 unspecified atom stereocenters. The molecule has 2 heteroatoms. The van der Waals surface area contributed by atoms with Crippen LogP contribution >= 0.6 is 0 Å². The van der Waals surface area contributed by atoms with Gasteiger partial charge >= 0.3 is 5.97 Å². The van der Waals surface area contributed by atoms with Crippen LogP contribution in [0.2, 0.25) is 0 Å². The SMILES string of the molecule is CC1C(C)C2CC1C1C3CC(C(=O)OC4(C5CCCCC5)CCCC4)C(C3)C21. The average molecular weight is 385 g/mol. The van der Waals surface area contributed by atoms with Crippen molar-refractivity contribution in [2.75, 3.05) is 0 Å². The molecule has 6 aliphatic rings. The smallest absolute Gasteiger partial charge is 0.309 e. The second-order valence-corrected chi connectivity index (χ2v) is 12.0. The van der Waals surface area contributed by atoms with Gasteiger partial charge in [-0.25, -0.2) is 0 Å². The van der Waals surface area contributed by atoms with Gasteiger partial charge in [0.05, 0.1) is 5.92 Å². The van der Waals surface area contributed by atoms with Crippen LogP contribution in [0.1, 0.15) is 90.9 Å². The first-order chi connectivity index (χ1) is 13.6. The van der Waals surface area contributed by atoms with Crippen LogP contribution in [0.15, 0.2) is 0 Å². The van der Waals surface area contributed by atoms with Gasteiger partial charge in [-0.1, -0.05) is 33.1 Å². The van der Waals surface area contributed by atoms with Crippen molar-refractivity contribution in [2.45, 2.75) is 96.5 Å². The first kappa shape index (κ1) is 18.3. The highest BCUT2D eigenvalue weighted by molar-refractivity contribution is 5.74. The van der Waals surface area contributed by atoms with Crippen molar-refractivity contribution in [3.63, 3.8) is 0 Å². The molecule has 4 bridgehead atoms. The molecule has 0 radical (unpaired) electrons. The second-order valence-electron chi connectivity index (χ2n) is 12.0. The Morgan fingerprint density at radius 3 is 2.18 bits per heavy atom. The average Bonchev–Trinajstić information content (AvgIpc) is 3.50. The van der Waals surface area contributed by atoms with Gasteiger partial charge in [-0.05, 0) is 111 Å². The van der Waals surface area contributed by atoms with Gasteiger partial charge in [-0.15, -0.1) is 0 Å². The highest BCUT2D eigenvalue weighted by Gasteiger charge is 2.67. The Morgan fingerprint density at radius 1 is 0.786 bits per heavy atom. The zero-order valence-electron chi connectivity index (χ0n) is 18.1. The molecule has 0 aliphatic heterocycles. The molecule has 28 heavy (non-hydrogen) atoms. The van der Waals surface area contributed by atoms with Gasteiger partial charge in [-0.3, -0.25) is 4.79 Å². The summed E-state index contributed by atoms with van der Waals surface area (Å²) in [6.07, 6.45) is 15.5. The highest BCUT2D eigenvalue weighted by atomic mass is 16.6. The molecule has 6 saturated carbocycles. The fourth-order valence-corrected chi connectivity index (χ4v) is 9.97. The van der Waals surface area contributed by atoms with E-state index in [4.69, 9.17) is 4.74 Å². The van der Waals surface area contributed by atoms with Crippen molar-refractivity contribution in [3.8, 4) is 0 Å². The van der Waals surface area contributed by atoms with E-state index in [1.165, 1.54) is 57.8 Å². The van der Waals surface area contributed by atoms with E-state index in [0.29, 0.717) is 11.8 Å². The first-order valence-corrected chi connectivity index (χ1v) is 12.8. The van der Waals surface area contributed by atoms with E-state index in [1.54, 1.807) is 0 Å². The monoisotopic (exact) mass is 384 g/mol. The lowest BCUT2D eigenvalue weighted by molar-refractivity contribution is -0.176. The van der Waals surface area contributed by atoms with Gasteiger partial charge in [0.15, 0.2) is 0 Å².